The monoisotopic (exact) mass is 239 g/mol. The molecule has 0 saturated heterocycles. The minimum atomic E-state index is 0.0927. The second-order valence-electron chi connectivity index (χ2n) is 5.76. The van der Waals surface area contributed by atoms with Crippen LogP contribution in [0.15, 0.2) is 17.2 Å². The summed E-state index contributed by atoms with van der Waals surface area (Å²) in [4.78, 5) is 11.8. The minimum Gasteiger partial charge on any atom is -0.312 e. The summed E-state index contributed by atoms with van der Waals surface area (Å²) < 4.78 is 3.52. The zero-order chi connectivity index (χ0) is 13.1. The number of aromatic nitrogens is 2. The zero-order valence-electron chi connectivity index (χ0n) is 11.7. The van der Waals surface area contributed by atoms with Gasteiger partial charge in [0.05, 0.1) is 0 Å². The highest BCUT2D eigenvalue weighted by Gasteiger charge is 2.12. The van der Waals surface area contributed by atoms with Gasteiger partial charge >= 0.3 is 5.69 Å². The molecule has 0 amide bonds. The van der Waals surface area contributed by atoms with Crippen LogP contribution in [0.3, 0.4) is 0 Å². The van der Waals surface area contributed by atoms with Gasteiger partial charge in [0.15, 0.2) is 0 Å². The average Bonchev–Trinajstić information content (AvgIpc) is 2.56. The first-order valence-electron chi connectivity index (χ1n) is 6.34. The number of rotatable bonds is 5. The van der Waals surface area contributed by atoms with E-state index in [1.165, 1.54) is 0 Å². The predicted octanol–water partition coefficient (Wildman–Crippen LogP) is 1.69. The lowest BCUT2D eigenvalue weighted by atomic mass is 10.1. The number of hydrogen-bond acceptors (Lipinski definition) is 2. The maximum atomic E-state index is 11.8. The first-order chi connectivity index (χ1) is 7.83. The summed E-state index contributed by atoms with van der Waals surface area (Å²) in [5.74, 6) is 0.444. The standard InChI is InChI=1S/C13H25N3O/c1-6-15-7-8-16(12(15)17)10-11(2)9-14-13(3,4)5/h7-8,11,14H,6,9-10H2,1-5H3. The third-order valence-electron chi connectivity index (χ3n) is 2.75. The second kappa shape index (κ2) is 5.54. The van der Waals surface area contributed by atoms with Crippen molar-refractivity contribution in [3.63, 3.8) is 0 Å². The molecule has 0 aliphatic carbocycles. The molecule has 1 aromatic rings. The van der Waals surface area contributed by atoms with Crippen LogP contribution in [0.2, 0.25) is 0 Å². The molecule has 0 aliphatic rings. The largest absolute Gasteiger partial charge is 0.328 e. The van der Waals surface area contributed by atoms with Crippen LogP contribution in [0.5, 0.6) is 0 Å². The molecule has 0 saturated carbocycles. The lowest BCUT2D eigenvalue weighted by Crippen LogP contribution is -2.40. The summed E-state index contributed by atoms with van der Waals surface area (Å²) in [6.45, 7) is 13.0. The average molecular weight is 239 g/mol. The van der Waals surface area contributed by atoms with Crippen LogP contribution in [0.25, 0.3) is 0 Å². The van der Waals surface area contributed by atoms with Gasteiger partial charge in [-0.3, -0.25) is 9.13 Å². The number of hydrogen-bond donors (Lipinski definition) is 1. The summed E-state index contributed by atoms with van der Waals surface area (Å²) >= 11 is 0. The summed E-state index contributed by atoms with van der Waals surface area (Å²) in [5, 5.41) is 3.46. The molecule has 17 heavy (non-hydrogen) atoms. The van der Waals surface area contributed by atoms with Gasteiger partial charge in [0, 0.05) is 31.0 Å². The van der Waals surface area contributed by atoms with Crippen molar-refractivity contribution in [1.29, 1.82) is 0 Å². The van der Waals surface area contributed by atoms with Gasteiger partial charge < -0.3 is 5.32 Å². The maximum absolute atomic E-state index is 11.8. The van der Waals surface area contributed by atoms with Crippen molar-refractivity contribution < 1.29 is 0 Å². The van der Waals surface area contributed by atoms with Crippen LogP contribution >= 0.6 is 0 Å². The Bertz CT molecular complexity index is 398. The van der Waals surface area contributed by atoms with Gasteiger partial charge in [0.25, 0.3) is 0 Å². The quantitative estimate of drug-likeness (QED) is 0.849. The molecule has 1 aromatic heterocycles. The third kappa shape index (κ3) is 4.38. The van der Waals surface area contributed by atoms with Crippen LogP contribution in [0, 0.1) is 5.92 Å². The van der Waals surface area contributed by atoms with Gasteiger partial charge in [0.1, 0.15) is 0 Å². The highest BCUT2D eigenvalue weighted by atomic mass is 16.1. The smallest absolute Gasteiger partial charge is 0.312 e. The van der Waals surface area contributed by atoms with Crippen molar-refractivity contribution in [2.45, 2.75) is 53.2 Å². The molecule has 0 radical (unpaired) electrons. The fourth-order valence-corrected chi connectivity index (χ4v) is 1.71. The number of aryl methyl sites for hydroxylation is 1. The normalized spacial score (nSPS) is 13.9. The number of nitrogens with zero attached hydrogens (tertiary/aromatic N) is 2. The van der Waals surface area contributed by atoms with Crippen molar-refractivity contribution in [1.82, 2.24) is 14.5 Å². The van der Waals surface area contributed by atoms with Crippen molar-refractivity contribution in [3.8, 4) is 0 Å². The Hall–Kier alpha value is -1.03. The Balaban J connectivity index is 2.53. The Morgan fingerprint density at radius 1 is 1.29 bits per heavy atom. The lowest BCUT2D eigenvalue weighted by Gasteiger charge is -2.23. The van der Waals surface area contributed by atoms with E-state index < -0.39 is 0 Å². The Morgan fingerprint density at radius 3 is 2.35 bits per heavy atom. The van der Waals surface area contributed by atoms with E-state index in [2.05, 4.69) is 33.0 Å². The summed E-state index contributed by atoms with van der Waals surface area (Å²) in [6.07, 6.45) is 3.73. The second-order valence-corrected chi connectivity index (χ2v) is 5.76. The Labute approximate surface area is 104 Å². The summed E-state index contributed by atoms with van der Waals surface area (Å²) in [6, 6.07) is 0. The van der Waals surface area contributed by atoms with Crippen LogP contribution in [0.4, 0.5) is 0 Å². The fourth-order valence-electron chi connectivity index (χ4n) is 1.71. The molecule has 98 valence electrons. The van der Waals surface area contributed by atoms with Crippen LogP contribution in [-0.2, 0) is 13.1 Å². The fraction of sp³-hybridized carbons (Fsp3) is 0.769. The Morgan fingerprint density at radius 2 is 1.88 bits per heavy atom. The van der Waals surface area contributed by atoms with E-state index in [0.29, 0.717) is 5.92 Å². The predicted molar refractivity (Wildman–Crippen MR) is 71.3 cm³/mol. The van der Waals surface area contributed by atoms with Crippen molar-refractivity contribution in [3.05, 3.63) is 22.9 Å². The molecule has 1 N–H and O–H groups in total. The molecule has 1 heterocycles. The molecule has 0 fully saturated rings. The van der Waals surface area contributed by atoms with Crippen LogP contribution in [-0.4, -0.2) is 21.2 Å². The molecule has 1 unspecified atom stereocenters. The maximum Gasteiger partial charge on any atom is 0.328 e. The highest BCUT2D eigenvalue weighted by molar-refractivity contribution is 4.82. The van der Waals surface area contributed by atoms with E-state index in [1.807, 2.05) is 19.3 Å². The molecular formula is C13H25N3O. The van der Waals surface area contributed by atoms with Crippen molar-refractivity contribution >= 4 is 0 Å². The molecule has 4 nitrogen and oxygen atoms in total. The van der Waals surface area contributed by atoms with Crippen LogP contribution in [0.1, 0.15) is 34.6 Å². The van der Waals surface area contributed by atoms with Crippen molar-refractivity contribution in [2.75, 3.05) is 6.54 Å². The minimum absolute atomic E-state index is 0.0927. The van der Waals surface area contributed by atoms with E-state index in [1.54, 1.807) is 9.13 Å². The van der Waals surface area contributed by atoms with Gasteiger partial charge in [-0.25, -0.2) is 4.79 Å². The van der Waals surface area contributed by atoms with Gasteiger partial charge in [0.2, 0.25) is 0 Å². The van der Waals surface area contributed by atoms with E-state index >= 15 is 0 Å². The third-order valence-corrected chi connectivity index (χ3v) is 2.75. The number of imidazole rings is 1. The van der Waals surface area contributed by atoms with E-state index in [-0.39, 0.29) is 11.2 Å². The molecule has 0 bridgehead atoms. The van der Waals surface area contributed by atoms with Gasteiger partial charge in [-0.15, -0.1) is 0 Å². The molecule has 0 aliphatic heterocycles. The molecule has 0 spiro atoms. The molecule has 1 rings (SSSR count). The SMILES string of the molecule is CCn1ccn(CC(C)CNC(C)(C)C)c1=O. The summed E-state index contributed by atoms with van der Waals surface area (Å²) in [7, 11) is 0. The Kier molecular flexibility index (Phi) is 4.57. The summed E-state index contributed by atoms with van der Waals surface area (Å²) in [5.41, 5.74) is 0.226. The van der Waals surface area contributed by atoms with E-state index in [9.17, 15) is 4.79 Å². The van der Waals surface area contributed by atoms with Crippen LogP contribution < -0.4 is 11.0 Å². The van der Waals surface area contributed by atoms with E-state index in [0.717, 1.165) is 19.6 Å². The molecule has 4 heteroatoms. The highest BCUT2D eigenvalue weighted by Crippen LogP contribution is 2.03. The zero-order valence-corrected chi connectivity index (χ0v) is 11.7. The first-order valence-corrected chi connectivity index (χ1v) is 6.34. The molecule has 0 aromatic carbocycles. The number of nitrogens with one attached hydrogen (secondary N) is 1. The topological polar surface area (TPSA) is 39.0 Å². The lowest BCUT2D eigenvalue weighted by molar-refractivity contribution is 0.357. The molecule has 1 atom stereocenters. The van der Waals surface area contributed by atoms with Gasteiger partial charge in [-0.05, 0) is 40.2 Å². The van der Waals surface area contributed by atoms with Gasteiger partial charge in [-0.2, -0.15) is 0 Å². The first kappa shape index (κ1) is 14.0. The van der Waals surface area contributed by atoms with Crippen molar-refractivity contribution in [2.24, 2.45) is 5.92 Å². The van der Waals surface area contributed by atoms with Gasteiger partial charge in [-0.1, -0.05) is 6.92 Å². The molecular weight excluding hydrogens is 214 g/mol. The van der Waals surface area contributed by atoms with E-state index in [4.69, 9.17) is 0 Å².